The molecule has 9 heteroatoms. The van der Waals surface area contributed by atoms with Crippen LogP contribution in [0.4, 0.5) is 23.0 Å². The summed E-state index contributed by atoms with van der Waals surface area (Å²) in [6, 6.07) is 16.7. The number of benzene rings is 2. The van der Waals surface area contributed by atoms with Crippen LogP contribution in [-0.4, -0.2) is 20.9 Å². The van der Waals surface area contributed by atoms with Crippen molar-refractivity contribution in [3.63, 3.8) is 0 Å². The summed E-state index contributed by atoms with van der Waals surface area (Å²) in [5, 5.41) is 4.18. The number of fused-ring (bicyclic) bond motifs is 1. The van der Waals surface area contributed by atoms with E-state index in [4.69, 9.17) is 5.73 Å². The van der Waals surface area contributed by atoms with Gasteiger partial charge < -0.3 is 11.1 Å². The number of hydrogen-bond donors (Lipinski definition) is 4. The number of nitrogen functional groups attached to an aromatic ring is 1. The Morgan fingerprint density at radius 3 is 2.59 bits per heavy atom. The highest BCUT2D eigenvalue weighted by Crippen LogP contribution is 2.28. The molecule has 0 saturated carbocycles. The van der Waals surface area contributed by atoms with E-state index in [1.807, 2.05) is 36.4 Å². The third-order valence-electron chi connectivity index (χ3n) is 4.18. The van der Waals surface area contributed by atoms with Crippen LogP contribution in [0.15, 0.2) is 71.6 Å². The number of halogens is 1. The van der Waals surface area contributed by atoms with Crippen LogP contribution in [0.25, 0.3) is 10.9 Å². The number of pyridine rings is 1. The molecule has 0 unspecified atom stereocenters. The largest absolute Gasteiger partial charge is 0.393 e. The van der Waals surface area contributed by atoms with Gasteiger partial charge in [-0.15, -0.1) is 0 Å². The topological polar surface area (TPSA) is 118 Å². The number of hydrogen-bond acceptors (Lipinski definition) is 7. The Labute approximate surface area is 174 Å². The van der Waals surface area contributed by atoms with Crippen molar-refractivity contribution >= 4 is 55.8 Å². The SMILES string of the molecule is Nc1c(NNC(=O)c2ccccc2Br)ncnc1Nc1cccc2cccnc12. The monoisotopic (exact) mass is 449 g/mol. The van der Waals surface area contributed by atoms with Crippen molar-refractivity contribution in [2.24, 2.45) is 0 Å². The van der Waals surface area contributed by atoms with Gasteiger partial charge in [0.2, 0.25) is 0 Å². The fourth-order valence-electron chi connectivity index (χ4n) is 2.76. The molecule has 0 aliphatic rings. The first-order valence-electron chi connectivity index (χ1n) is 8.65. The summed E-state index contributed by atoms with van der Waals surface area (Å²) in [6.45, 7) is 0. The first-order chi connectivity index (χ1) is 14.1. The van der Waals surface area contributed by atoms with Gasteiger partial charge in [0, 0.05) is 16.1 Å². The molecule has 0 spiro atoms. The molecule has 0 aliphatic carbocycles. The van der Waals surface area contributed by atoms with Crippen molar-refractivity contribution in [1.82, 2.24) is 20.4 Å². The predicted molar refractivity (Wildman–Crippen MR) is 117 cm³/mol. The Kier molecular flexibility index (Phi) is 5.21. The zero-order valence-corrected chi connectivity index (χ0v) is 16.6. The van der Waals surface area contributed by atoms with Crippen molar-refractivity contribution in [2.75, 3.05) is 16.5 Å². The molecule has 0 bridgehead atoms. The number of hydrazine groups is 1. The summed E-state index contributed by atoms with van der Waals surface area (Å²) in [7, 11) is 0. The van der Waals surface area contributed by atoms with Crippen molar-refractivity contribution < 1.29 is 4.79 Å². The van der Waals surface area contributed by atoms with Crippen molar-refractivity contribution in [3.05, 3.63) is 77.2 Å². The number of aromatic nitrogens is 3. The molecule has 1 amide bonds. The van der Waals surface area contributed by atoms with Gasteiger partial charge in [0.25, 0.3) is 5.91 Å². The molecule has 4 rings (SSSR count). The third kappa shape index (κ3) is 3.94. The maximum Gasteiger partial charge on any atom is 0.270 e. The van der Waals surface area contributed by atoms with Crippen molar-refractivity contribution in [3.8, 4) is 0 Å². The van der Waals surface area contributed by atoms with Crippen LogP contribution in [0.3, 0.4) is 0 Å². The van der Waals surface area contributed by atoms with E-state index in [0.717, 1.165) is 16.6 Å². The maximum absolute atomic E-state index is 12.4. The van der Waals surface area contributed by atoms with Gasteiger partial charge in [-0.05, 0) is 40.2 Å². The molecule has 29 heavy (non-hydrogen) atoms. The van der Waals surface area contributed by atoms with Gasteiger partial charge in [0.1, 0.15) is 12.0 Å². The smallest absolute Gasteiger partial charge is 0.270 e. The minimum absolute atomic E-state index is 0.257. The molecule has 8 nitrogen and oxygen atoms in total. The highest BCUT2D eigenvalue weighted by atomic mass is 79.9. The average molecular weight is 450 g/mol. The number of amides is 1. The van der Waals surface area contributed by atoms with Crippen LogP contribution < -0.4 is 21.9 Å². The number of anilines is 4. The Hall–Kier alpha value is -3.72. The summed E-state index contributed by atoms with van der Waals surface area (Å²) in [5.41, 5.74) is 13.8. The van der Waals surface area contributed by atoms with Crippen LogP contribution in [0.5, 0.6) is 0 Å². The number of rotatable bonds is 5. The van der Waals surface area contributed by atoms with Crippen LogP contribution in [-0.2, 0) is 0 Å². The lowest BCUT2D eigenvalue weighted by molar-refractivity contribution is 0.0961. The van der Waals surface area contributed by atoms with E-state index >= 15 is 0 Å². The van der Waals surface area contributed by atoms with E-state index in [1.54, 1.807) is 24.4 Å². The van der Waals surface area contributed by atoms with Gasteiger partial charge in [0.05, 0.1) is 16.8 Å². The molecule has 144 valence electrons. The molecule has 4 aromatic rings. The normalized spacial score (nSPS) is 10.5. The number of nitrogens with one attached hydrogen (secondary N) is 3. The molecule has 0 radical (unpaired) electrons. The van der Waals surface area contributed by atoms with Gasteiger partial charge in [-0.25, -0.2) is 9.97 Å². The standard InChI is InChI=1S/C20H16BrN7O/c21-14-8-2-1-7-13(14)20(29)28-27-19-16(22)18(24-11-25-19)26-15-9-3-5-12-6-4-10-23-17(12)15/h1-11H,22H2,(H,28,29)(H2,24,25,26,27). The second-order valence-electron chi connectivity index (χ2n) is 6.05. The molecule has 0 aliphatic heterocycles. The summed E-state index contributed by atoms with van der Waals surface area (Å²) >= 11 is 3.35. The van der Waals surface area contributed by atoms with Crippen LogP contribution in [0.1, 0.15) is 10.4 Å². The molecule has 2 aromatic carbocycles. The zero-order chi connectivity index (χ0) is 20.2. The van der Waals surface area contributed by atoms with Crippen molar-refractivity contribution in [2.45, 2.75) is 0 Å². The van der Waals surface area contributed by atoms with E-state index in [0.29, 0.717) is 15.9 Å². The van der Waals surface area contributed by atoms with Gasteiger partial charge in [-0.1, -0.05) is 30.3 Å². The lowest BCUT2D eigenvalue weighted by atomic mass is 10.2. The predicted octanol–water partition coefficient (Wildman–Crippen LogP) is 3.87. The van der Waals surface area contributed by atoms with E-state index in [2.05, 4.69) is 47.1 Å². The highest BCUT2D eigenvalue weighted by Gasteiger charge is 2.13. The molecular formula is C20H16BrN7O. The second-order valence-corrected chi connectivity index (χ2v) is 6.90. The molecule has 0 fully saturated rings. The van der Waals surface area contributed by atoms with Gasteiger partial charge in [-0.2, -0.15) is 0 Å². The van der Waals surface area contributed by atoms with Gasteiger partial charge >= 0.3 is 0 Å². The maximum atomic E-state index is 12.4. The Bertz CT molecular complexity index is 1190. The Balaban J connectivity index is 1.55. The van der Waals surface area contributed by atoms with Gasteiger partial charge in [0.15, 0.2) is 11.6 Å². The fourth-order valence-corrected chi connectivity index (χ4v) is 3.22. The van der Waals surface area contributed by atoms with E-state index in [-0.39, 0.29) is 17.4 Å². The summed E-state index contributed by atoms with van der Waals surface area (Å²) in [4.78, 5) is 25.1. The van der Waals surface area contributed by atoms with E-state index in [1.165, 1.54) is 6.33 Å². The van der Waals surface area contributed by atoms with Crippen LogP contribution >= 0.6 is 15.9 Å². The number of para-hydroxylation sites is 1. The van der Waals surface area contributed by atoms with Gasteiger partial charge in [-0.3, -0.25) is 20.6 Å². The summed E-state index contributed by atoms with van der Waals surface area (Å²) < 4.78 is 0.681. The lowest BCUT2D eigenvalue weighted by Gasteiger charge is -2.14. The minimum atomic E-state index is -0.330. The number of carbonyl (C=O) groups is 1. The molecule has 0 atom stereocenters. The Morgan fingerprint density at radius 1 is 0.931 bits per heavy atom. The quantitative estimate of drug-likeness (QED) is 0.341. The first-order valence-corrected chi connectivity index (χ1v) is 9.45. The van der Waals surface area contributed by atoms with E-state index < -0.39 is 0 Å². The van der Waals surface area contributed by atoms with Crippen LogP contribution in [0, 0.1) is 0 Å². The number of nitrogens with zero attached hydrogens (tertiary/aromatic N) is 3. The summed E-state index contributed by atoms with van der Waals surface area (Å²) in [6.07, 6.45) is 3.07. The molecule has 2 aromatic heterocycles. The average Bonchev–Trinajstić information content (AvgIpc) is 2.75. The number of nitrogens with two attached hydrogens (primary N) is 1. The first kappa shape index (κ1) is 18.6. The summed E-state index contributed by atoms with van der Waals surface area (Å²) in [5.74, 6) is 0.343. The lowest BCUT2D eigenvalue weighted by Crippen LogP contribution is -2.30. The minimum Gasteiger partial charge on any atom is -0.393 e. The molecule has 0 saturated heterocycles. The third-order valence-corrected chi connectivity index (χ3v) is 4.87. The van der Waals surface area contributed by atoms with Crippen LogP contribution in [0.2, 0.25) is 0 Å². The van der Waals surface area contributed by atoms with E-state index in [9.17, 15) is 4.79 Å². The Morgan fingerprint density at radius 2 is 1.72 bits per heavy atom. The highest BCUT2D eigenvalue weighted by molar-refractivity contribution is 9.10. The second kappa shape index (κ2) is 8.11. The molecule has 2 heterocycles. The fraction of sp³-hybridized carbons (Fsp3) is 0. The zero-order valence-electron chi connectivity index (χ0n) is 15.1. The number of carbonyl (C=O) groups excluding carboxylic acids is 1. The molecular weight excluding hydrogens is 434 g/mol. The molecule has 5 N–H and O–H groups in total. The van der Waals surface area contributed by atoms with Crippen molar-refractivity contribution in [1.29, 1.82) is 0 Å².